The molecule has 1 aliphatic carbocycles. The summed E-state index contributed by atoms with van der Waals surface area (Å²) in [6, 6.07) is 6.39. The van der Waals surface area contributed by atoms with Crippen molar-refractivity contribution in [3.05, 3.63) is 23.8 Å². The standard InChI is InChI=1S/C14H21NO2/c1-9-5-6-11(17-4)10(7-9)15-12-8-13(16)14(12,2)3/h5-7,12-13,15-16H,8H2,1-4H3. The van der Waals surface area contributed by atoms with E-state index in [0.717, 1.165) is 17.9 Å². The summed E-state index contributed by atoms with van der Waals surface area (Å²) in [5.41, 5.74) is 2.14. The lowest BCUT2D eigenvalue weighted by atomic mass is 9.64. The molecule has 2 rings (SSSR count). The zero-order chi connectivity index (χ0) is 12.6. The molecule has 1 fully saturated rings. The molecule has 1 saturated carbocycles. The van der Waals surface area contributed by atoms with Crippen LogP contribution >= 0.6 is 0 Å². The molecule has 17 heavy (non-hydrogen) atoms. The Morgan fingerprint density at radius 1 is 1.41 bits per heavy atom. The van der Waals surface area contributed by atoms with Crippen molar-refractivity contribution in [3.63, 3.8) is 0 Å². The Morgan fingerprint density at radius 3 is 2.65 bits per heavy atom. The van der Waals surface area contributed by atoms with Crippen LogP contribution in [0.2, 0.25) is 0 Å². The van der Waals surface area contributed by atoms with Crippen LogP contribution in [0.1, 0.15) is 25.8 Å². The van der Waals surface area contributed by atoms with E-state index in [1.54, 1.807) is 7.11 Å². The van der Waals surface area contributed by atoms with Gasteiger partial charge in [-0.15, -0.1) is 0 Å². The maximum absolute atomic E-state index is 9.73. The van der Waals surface area contributed by atoms with Gasteiger partial charge in [-0.05, 0) is 31.0 Å². The predicted molar refractivity (Wildman–Crippen MR) is 69.5 cm³/mol. The second-order valence-corrected chi connectivity index (χ2v) is 5.47. The first kappa shape index (κ1) is 12.2. The third kappa shape index (κ3) is 2.12. The third-order valence-corrected chi connectivity index (χ3v) is 3.90. The molecule has 0 saturated heterocycles. The molecule has 0 aromatic heterocycles. The van der Waals surface area contributed by atoms with Gasteiger partial charge in [0.05, 0.1) is 18.9 Å². The summed E-state index contributed by atoms with van der Waals surface area (Å²) in [4.78, 5) is 0. The summed E-state index contributed by atoms with van der Waals surface area (Å²) in [7, 11) is 1.68. The zero-order valence-corrected chi connectivity index (χ0v) is 10.9. The van der Waals surface area contributed by atoms with Crippen LogP contribution in [0.15, 0.2) is 18.2 Å². The summed E-state index contributed by atoms with van der Waals surface area (Å²) < 4.78 is 5.34. The fourth-order valence-electron chi connectivity index (χ4n) is 2.27. The average molecular weight is 235 g/mol. The van der Waals surface area contributed by atoms with Crippen molar-refractivity contribution >= 4 is 5.69 Å². The van der Waals surface area contributed by atoms with Crippen molar-refractivity contribution in [3.8, 4) is 5.75 Å². The smallest absolute Gasteiger partial charge is 0.141 e. The number of hydrogen-bond acceptors (Lipinski definition) is 3. The molecule has 0 spiro atoms. The predicted octanol–water partition coefficient (Wildman–Crippen LogP) is 2.57. The Morgan fingerprint density at radius 2 is 2.12 bits per heavy atom. The van der Waals surface area contributed by atoms with Crippen molar-refractivity contribution in [2.24, 2.45) is 5.41 Å². The van der Waals surface area contributed by atoms with Crippen molar-refractivity contribution in [1.29, 1.82) is 0 Å². The second-order valence-electron chi connectivity index (χ2n) is 5.47. The highest BCUT2D eigenvalue weighted by molar-refractivity contribution is 5.59. The Bertz CT molecular complexity index is 415. The van der Waals surface area contributed by atoms with Crippen LogP contribution in [0, 0.1) is 12.3 Å². The van der Waals surface area contributed by atoms with Gasteiger partial charge in [-0.3, -0.25) is 0 Å². The summed E-state index contributed by atoms with van der Waals surface area (Å²) in [6.07, 6.45) is 0.584. The van der Waals surface area contributed by atoms with E-state index < -0.39 is 0 Å². The number of aliphatic hydroxyl groups excluding tert-OH is 1. The molecule has 2 N–H and O–H groups in total. The number of anilines is 1. The SMILES string of the molecule is COc1ccc(C)cc1NC1CC(O)C1(C)C. The van der Waals surface area contributed by atoms with Gasteiger partial charge in [0, 0.05) is 11.5 Å². The van der Waals surface area contributed by atoms with E-state index in [1.807, 2.05) is 12.1 Å². The highest BCUT2D eigenvalue weighted by Crippen LogP contribution is 2.43. The molecular weight excluding hydrogens is 214 g/mol. The number of ether oxygens (including phenoxy) is 1. The van der Waals surface area contributed by atoms with Gasteiger partial charge in [0.25, 0.3) is 0 Å². The molecule has 0 aliphatic heterocycles. The first-order valence-electron chi connectivity index (χ1n) is 6.04. The van der Waals surface area contributed by atoms with Gasteiger partial charge >= 0.3 is 0 Å². The first-order chi connectivity index (χ1) is 7.95. The lowest BCUT2D eigenvalue weighted by Crippen LogP contribution is -2.56. The van der Waals surface area contributed by atoms with Crippen LogP contribution in [-0.4, -0.2) is 24.4 Å². The molecule has 3 heteroatoms. The summed E-state index contributed by atoms with van der Waals surface area (Å²) in [5, 5.41) is 13.2. The summed E-state index contributed by atoms with van der Waals surface area (Å²) in [6.45, 7) is 6.23. The first-order valence-corrected chi connectivity index (χ1v) is 6.04. The van der Waals surface area contributed by atoms with Crippen LogP contribution in [0.3, 0.4) is 0 Å². The molecule has 94 valence electrons. The topological polar surface area (TPSA) is 41.5 Å². The monoisotopic (exact) mass is 235 g/mol. The number of rotatable bonds is 3. The second kappa shape index (κ2) is 4.22. The van der Waals surface area contributed by atoms with E-state index in [2.05, 4.69) is 32.2 Å². The molecule has 0 amide bonds. The minimum atomic E-state index is -0.212. The largest absolute Gasteiger partial charge is 0.495 e. The Kier molecular flexibility index (Phi) is 3.04. The van der Waals surface area contributed by atoms with Crippen LogP contribution in [0.4, 0.5) is 5.69 Å². The van der Waals surface area contributed by atoms with E-state index in [-0.39, 0.29) is 11.5 Å². The highest BCUT2D eigenvalue weighted by Gasteiger charge is 2.47. The molecule has 0 bridgehead atoms. The quantitative estimate of drug-likeness (QED) is 0.846. The molecule has 2 atom stereocenters. The maximum Gasteiger partial charge on any atom is 0.141 e. The number of hydrogen-bond donors (Lipinski definition) is 2. The number of methoxy groups -OCH3 is 1. The van der Waals surface area contributed by atoms with Gasteiger partial charge < -0.3 is 15.2 Å². The van der Waals surface area contributed by atoms with Crippen LogP contribution in [-0.2, 0) is 0 Å². The molecule has 1 aromatic rings. The van der Waals surface area contributed by atoms with Crippen LogP contribution < -0.4 is 10.1 Å². The fourth-order valence-corrected chi connectivity index (χ4v) is 2.27. The molecule has 0 radical (unpaired) electrons. The lowest BCUT2D eigenvalue weighted by molar-refractivity contribution is -0.0511. The van der Waals surface area contributed by atoms with Gasteiger partial charge in [-0.25, -0.2) is 0 Å². The Hall–Kier alpha value is -1.22. The average Bonchev–Trinajstić information content (AvgIpc) is 2.29. The van der Waals surface area contributed by atoms with E-state index in [0.29, 0.717) is 6.04 Å². The Balaban J connectivity index is 2.16. The van der Waals surface area contributed by atoms with Gasteiger partial charge in [-0.2, -0.15) is 0 Å². The van der Waals surface area contributed by atoms with Gasteiger partial charge in [-0.1, -0.05) is 19.9 Å². The molecule has 3 nitrogen and oxygen atoms in total. The van der Waals surface area contributed by atoms with E-state index in [4.69, 9.17) is 4.74 Å². The fraction of sp³-hybridized carbons (Fsp3) is 0.571. The van der Waals surface area contributed by atoms with Gasteiger partial charge in [0.1, 0.15) is 5.75 Å². The molecular formula is C14H21NO2. The van der Waals surface area contributed by atoms with Gasteiger partial charge in [0.2, 0.25) is 0 Å². The van der Waals surface area contributed by atoms with Crippen LogP contribution in [0.25, 0.3) is 0 Å². The number of aryl methyl sites for hydroxylation is 1. The normalized spacial score (nSPS) is 26.2. The van der Waals surface area contributed by atoms with Crippen molar-refractivity contribution < 1.29 is 9.84 Å². The van der Waals surface area contributed by atoms with Crippen molar-refractivity contribution in [1.82, 2.24) is 0 Å². The van der Waals surface area contributed by atoms with Crippen LogP contribution in [0.5, 0.6) is 5.75 Å². The molecule has 1 aromatic carbocycles. The van der Waals surface area contributed by atoms with E-state index in [9.17, 15) is 5.11 Å². The maximum atomic E-state index is 9.73. The zero-order valence-electron chi connectivity index (χ0n) is 10.9. The minimum absolute atomic E-state index is 0.0746. The highest BCUT2D eigenvalue weighted by atomic mass is 16.5. The number of nitrogens with one attached hydrogen (secondary N) is 1. The van der Waals surface area contributed by atoms with Crippen molar-refractivity contribution in [2.75, 3.05) is 12.4 Å². The van der Waals surface area contributed by atoms with E-state index in [1.165, 1.54) is 5.56 Å². The van der Waals surface area contributed by atoms with Crippen molar-refractivity contribution in [2.45, 2.75) is 39.3 Å². The lowest BCUT2D eigenvalue weighted by Gasteiger charge is -2.50. The Labute approximate surface area is 103 Å². The number of aliphatic hydroxyl groups is 1. The van der Waals surface area contributed by atoms with E-state index >= 15 is 0 Å². The number of benzene rings is 1. The minimum Gasteiger partial charge on any atom is -0.495 e. The molecule has 0 heterocycles. The summed E-state index contributed by atoms with van der Waals surface area (Å²) >= 11 is 0. The molecule has 1 aliphatic rings. The summed E-state index contributed by atoms with van der Waals surface area (Å²) in [5.74, 6) is 0.854. The molecule has 2 unspecified atom stereocenters. The third-order valence-electron chi connectivity index (χ3n) is 3.90. The van der Waals surface area contributed by atoms with Gasteiger partial charge in [0.15, 0.2) is 0 Å².